The van der Waals surface area contributed by atoms with Crippen LogP contribution in [-0.4, -0.2) is 44.3 Å². The minimum absolute atomic E-state index is 0.0757. The van der Waals surface area contributed by atoms with Crippen LogP contribution in [0.25, 0.3) is 0 Å². The number of hydrogen-bond acceptors (Lipinski definition) is 4. The summed E-state index contributed by atoms with van der Waals surface area (Å²) in [6.07, 6.45) is 2.55. The van der Waals surface area contributed by atoms with Crippen LogP contribution in [0.2, 0.25) is 0 Å². The van der Waals surface area contributed by atoms with E-state index in [1.165, 1.54) is 33.0 Å². The SMILES string of the molecule is COc1ccc(CNCC(C(C)C)N2CCCC2)cc1OC(F)F. The maximum Gasteiger partial charge on any atom is 0.387 e. The van der Waals surface area contributed by atoms with E-state index in [1.54, 1.807) is 12.1 Å². The van der Waals surface area contributed by atoms with Crippen molar-refractivity contribution in [2.24, 2.45) is 5.92 Å². The van der Waals surface area contributed by atoms with Crippen LogP contribution in [-0.2, 0) is 6.54 Å². The lowest BCUT2D eigenvalue weighted by Crippen LogP contribution is -2.44. The molecule has 1 N–H and O–H groups in total. The van der Waals surface area contributed by atoms with E-state index in [-0.39, 0.29) is 5.75 Å². The topological polar surface area (TPSA) is 33.7 Å². The second-order valence-electron chi connectivity index (χ2n) is 6.55. The van der Waals surface area contributed by atoms with Crippen LogP contribution in [0.3, 0.4) is 0 Å². The summed E-state index contributed by atoms with van der Waals surface area (Å²) in [5, 5.41) is 3.45. The van der Waals surface area contributed by atoms with E-state index in [9.17, 15) is 8.78 Å². The Morgan fingerprint density at radius 3 is 2.46 bits per heavy atom. The molecule has 0 aliphatic carbocycles. The Hall–Kier alpha value is -1.40. The zero-order valence-electron chi connectivity index (χ0n) is 14.7. The molecule has 0 saturated carbocycles. The van der Waals surface area contributed by atoms with Gasteiger partial charge >= 0.3 is 6.61 Å². The van der Waals surface area contributed by atoms with Gasteiger partial charge in [0, 0.05) is 19.1 Å². The molecule has 136 valence electrons. The monoisotopic (exact) mass is 342 g/mol. The van der Waals surface area contributed by atoms with Crippen LogP contribution in [0.15, 0.2) is 18.2 Å². The summed E-state index contributed by atoms with van der Waals surface area (Å²) in [5.41, 5.74) is 0.898. The summed E-state index contributed by atoms with van der Waals surface area (Å²) in [5.74, 6) is 0.965. The highest BCUT2D eigenvalue weighted by Crippen LogP contribution is 2.29. The molecule has 1 aliphatic rings. The normalized spacial score (nSPS) is 16.8. The summed E-state index contributed by atoms with van der Waals surface area (Å²) < 4.78 is 34.6. The zero-order valence-corrected chi connectivity index (χ0v) is 14.7. The van der Waals surface area contributed by atoms with Gasteiger partial charge in [0.15, 0.2) is 11.5 Å². The number of hydrogen-bond donors (Lipinski definition) is 1. The maximum atomic E-state index is 12.5. The number of ether oxygens (including phenoxy) is 2. The summed E-state index contributed by atoms with van der Waals surface area (Å²) in [6.45, 7) is 5.45. The molecular weight excluding hydrogens is 314 g/mol. The van der Waals surface area contributed by atoms with Gasteiger partial charge in [-0.1, -0.05) is 19.9 Å². The molecular formula is C18H28F2N2O2. The molecule has 1 aromatic rings. The summed E-state index contributed by atoms with van der Waals surface area (Å²) >= 11 is 0. The standard InChI is InChI=1S/C18H28F2N2O2/c1-13(2)15(22-8-4-5-9-22)12-21-11-14-6-7-16(23-3)17(10-14)24-18(19)20/h6-7,10,13,15,18,21H,4-5,8-9,11-12H2,1-3H3. The number of rotatable bonds is 9. The third-order valence-electron chi connectivity index (χ3n) is 4.51. The molecule has 2 rings (SSSR count). The smallest absolute Gasteiger partial charge is 0.387 e. The third kappa shape index (κ3) is 5.31. The first kappa shape index (κ1) is 18.9. The van der Waals surface area contributed by atoms with Gasteiger partial charge in [0.05, 0.1) is 7.11 Å². The van der Waals surface area contributed by atoms with Gasteiger partial charge in [-0.05, 0) is 49.5 Å². The van der Waals surface area contributed by atoms with Gasteiger partial charge in [-0.25, -0.2) is 0 Å². The number of benzene rings is 1. The van der Waals surface area contributed by atoms with E-state index >= 15 is 0 Å². The third-order valence-corrected chi connectivity index (χ3v) is 4.51. The highest BCUT2D eigenvalue weighted by molar-refractivity contribution is 5.42. The molecule has 1 saturated heterocycles. The van der Waals surface area contributed by atoms with E-state index in [4.69, 9.17) is 4.74 Å². The molecule has 4 nitrogen and oxygen atoms in total. The molecule has 1 fully saturated rings. The minimum atomic E-state index is -2.86. The first-order chi connectivity index (χ1) is 11.5. The molecule has 24 heavy (non-hydrogen) atoms. The molecule has 0 aromatic heterocycles. The minimum Gasteiger partial charge on any atom is -0.493 e. The number of methoxy groups -OCH3 is 1. The molecule has 1 aliphatic heterocycles. The first-order valence-corrected chi connectivity index (χ1v) is 8.57. The fourth-order valence-corrected chi connectivity index (χ4v) is 3.24. The Balaban J connectivity index is 1.93. The molecule has 1 unspecified atom stereocenters. The van der Waals surface area contributed by atoms with E-state index in [0.29, 0.717) is 24.3 Å². The summed E-state index contributed by atoms with van der Waals surface area (Å²) in [7, 11) is 1.44. The molecule has 0 bridgehead atoms. The first-order valence-electron chi connectivity index (χ1n) is 8.57. The van der Waals surface area contributed by atoms with Gasteiger partial charge in [-0.15, -0.1) is 0 Å². The molecule has 0 radical (unpaired) electrons. The number of nitrogens with one attached hydrogen (secondary N) is 1. The Morgan fingerprint density at radius 1 is 1.17 bits per heavy atom. The van der Waals surface area contributed by atoms with Crippen molar-refractivity contribution in [1.29, 1.82) is 0 Å². The van der Waals surface area contributed by atoms with E-state index in [1.807, 2.05) is 6.07 Å². The fourth-order valence-electron chi connectivity index (χ4n) is 3.24. The number of nitrogens with zero attached hydrogens (tertiary/aromatic N) is 1. The van der Waals surface area contributed by atoms with E-state index < -0.39 is 6.61 Å². The van der Waals surface area contributed by atoms with Crippen molar-refractivity contribution in [3.8, 4) is 11.5 Å². The number of halogens is 2. The molecule has 1 heterocycles. The van der Waals surface area contributed by atoms with Crippen LogP contribution in [0.5, 0.6) is 11.5 Å². The molecule has 1 atom stereocenters. The van der Waals surface area contributed by atoms with Crippen molar-refractivity contribution in [3.63, 3.8) is 0 Å². The van der Waals surface area contributed by atoms with Gasteiger partial charge in [-0.3, -0.25) is 4.90 Å². The lowest BCUT2D eigenvalue weighted by atomic mass is 10.0. The van der Waals surface area contributed by atoms with Crippen LogP contribution < -0.4 is 14.8 Å². The van der Waals surface area contributed by atoms with E-state index in [2.05, 4.69) is 28.8 Å². The molecule has 0 spiro atoms. The van der Waals surface area contributed by atoms with Crippen molar-refractivity contribution < 1.29 is 18.3 Å². The second-order valence-corrected chi connectivity index (χ2v) is 6.55. The van der Waals surface area contributed by atoms with Crippen LogP contribution in [0.4, 0.5) is 8.78 Å². The highest BCUT2D eigenvalue weighted by Gasteiger charge is 2.24. The van der Waals surface area contributed by atoms with Crippen LogP contribution >= 0.6 is 0 Å². The Morgan fingerprint density at radius 2 is 1.88 bits per heavy atom. The predicted molar refractivity (Wildman–Crippen MR) is 90.8 cm³/mol. The Labute approximate surface area is 143 Å². The molecule has 6 heteroatoms. The molecule has 0 amide bonds. The predicted octanol–water partition coefficient (Wildman–Crippen LogP) is 3.51. The van der Waals surface area contributed by atoms with Gasteiger partial charge in [0.1, 0.15) is 0 Å². The van der Waals surface area contributed by atoms with Crippen molar-refractivity contribution in [2.45, 2.75) is 45.9 Å². The second kappa shape index (κ2) is 9.18. The van der Waals surface area contributed by atoms with Gasteiger partial charge in [0.25, 0.3) is 0 Å². The highest BCUT2D eigenvalue weighted by atomic mass is 19.3. The fraction of sp³-hybridized carbons (Fsp3) is 0.667. The van der Waals surface area contributed by atoms with E-state index in [0.717, 1.165) is 12.1 Å². The quantitative estimate of drug-likeness (QED) is 0.745. The summed E-state index contributed by atoms with van der Waals surface area (Å²) in [6, 6.07) is 5.64. The van der Waals surface area contributed by atoms with Crippen LogP contribution in [0.1, 0.15) is 32.3 Å². The van der Waals surface area contributed by atoms with Crippen molar-refractivity contribution in [2.75, 3.05) is 26.7 Å². The lowest BCUT2D eigenvalue weighted by Gasteiger charge is -2.31. The van der Waals surface area contributed by atoms with Crippen molar-refractivity contribution in [3.05, 3.63) is 23.8 Å². The summed E-state index contributed by atoms with van der Waals surface area (Å²) in [4.78, 5) is 2.54. The molecule has 1 aromatic carbocycles. The zero-order chi connectivity index (χ0) is 17.5. The lowest BCUT2D eigenvalue weighted by molar-refractivity contribution is -0.0512. The van der Waals surface area contributed by atoms with Crippen molar-refractivity contribution in [1.82, 2.24) is 10.2 Å². The average Bonchev–Trinajstić information content (AvgIpc) is 3.05. The number of alkyl halides is 2. The van der Waals surface area contributed by atoms with Crippen LogP contribution in [0, 0.1) is 5.92 Å². The van der Waals surface area contributed by atoms with Gasteiger partial charge in [0.2, 0.25) is 0 Å². The maximum absolute atomic E-state index is 12.5. The Kier molecular flexibility index (Phi) is 7.24. The van der Waals surface area contributed by atoms with Crippen molar-refractivity contribution >= 4 is 0 Å². The number of likely N-dealkylation sites (tertiary alicyclic amines) is 1. The average molecular weight is 342 g/mol. The van der Waals surface area contributed by atoms with Gasteiger partial charge < -0.3 is 14.8 Å². The Bertz CT molecular complexity index is 506. The largest absolute Gasteiger partial charge is 0.493 e. The van der Waals surface area contributed by atoms with Gasteiger partial charge in [-0.2, -0.15) is 8.78 Å².